The van der Waals surface area contributed by atoms with Crippen molar-refractivity contribution in [2.24, 2.45) is 0 Å². The lowest BCUT2D eigenvalue weighted by Gasteiger charge is -2.23. The van der Waals surface area contributed by atoms with Crippen LogP contribution in [0.3, 0.4) is 0 Å². The van der Waals surface area contributed by atoms with Gasteiger partial charge in [-0.1, -0.05) is 17.7 Å². The van der Waals surface area contributed by atoms with Crippen molar-refractivity contribution < 1.29 is 22.9 Å². The molecule has 154 valence electrons. The fourth-order valence-corrected chi connectivity index (χ4v) is 4.20. The van der Waals surface area contributed by atoms with Crippen LogP contribution in [-0.2, 0) is 10.0 Å². The maximum atomic E-state index is 13.3. The van der Waals surface area contributed by atoms with Gasteiger partial charge in [-0.25, -0.2) is 8.42 Å². The van der Waals surface area contributed by atoms with Crippen LogP contribution < -0.4 is 9.04 Å². The molecule has 0 radical (unpaired) electrons. The van der Waals surface area contributed by atoms with Crippen LogP contribution in [-0.4, -0.2) is 26.4 Å². The molecule has 1 amide bonds. The zero-order valence-electron chi connectivity index (χ0n) is 15.6. The van der Waals surface area contributed by atoms with Gasteiger partial charge >= 0.3 is 0 Å². The molecular weight excluding hydrogens is 432 g/mol. The second-order valence-corrected chi connectivity index (χ2v) is 8.26. The first-order valence-electron chi connectivity index (χ1n) is 8.48. The Kier molecular flexibility index (Phi) is 6.04. The van der Waals surface area contributed by atoms with E-state index in [2.05, 4.69) is 0 Å². The first-order valence-corrected chi connectivity index (χ1v) is 10.3. The number of nitro groups is 1. The molecule has 30 heavy (non-hydrogen) atoms. The molecule has 8 nitrogen and oxygen atoms in total. The summed E-state index contributed by atoms with van der Waals surface area (Å²) in [5.41, 5.74) is -0.445. The summed E-state index contributed by atoms with van der Waals surface area (Å²) < 4.78 is 32.3. The number of nitrogens with zero attached hydrogens (tertiary/aromatic N) is 2. The van der Waals surface area contributed by atoms with E-state index in [1.165, 1.54) is 73.8 Å². The zero-order chi connectivity index (χ0) is 21.9. The molecule has 0 saturated carbocycles. The number of hydrogen-bond donors (Lipinski definition) is 0. The molecule has 3 aromatic rings. The minimum atomic E-state index is -4.36. The monoisotopic (exact) mass is 446 g/mol. The van der Waals surface area contributed by atoms with Gasteiger partial charge in [0.25, 0.3) is 21.6 Å². The van der Waals surface area contributed by atoms with Crippen molar-refractivity contribution in [3.05, 3.63) is 93.5 Å². The van der Waals surface area contributed by atoms with Crippen LogP contribution >= 0.6 is 11.6 Å². The molecular formula is C20H15ClN2O6S. The van der Waals surface area contributed by atoms with Gasteiger partial charge in [0.05, 0.1) is 22.6 Å². The van der Waals surface area contributed by atoms with Crippen LogP contribution in [0.5, 0.6) is 5.75 Å². The van der Waals surface area contributed by atoms with E-state index in [0.717, 1.165) is 6.07 Å². The largest absolute Gasteiger partial charge is 0.497 e. The average molecular weight is 447 g/mol. The third-order valence-corrected chi connectivity index (χ3v) is 6.12. The normalized spacial score (nSPS) is 11.0. The van der Waals surface area contributed by atoms with E-state index in [4.69, 9.17) is 16.3 Å². The van der Waals surface area contributed by atoms with Gasteiger partial charge in [-0.3, -0.25) is 14.9 Å². The van der Waals surface area contributed by atoms with Gasteiger partial charge in [-0.2, -0.15) is 4.31 Å². The number of carbonyl (C=O) groups is 1. The Bertz CT molecular complexity index is 1190. The van der Waals surface area contributed by atoms with Crippen molar-refractivity contribution >= 4 is 38.9 Å². The smallest absolute Gasteiger partial charge is 0.272 e. The summed E-state index contributed by atoms with van der Waals surface area (Å²) in [4.78, 5) is 23.5. The second kappa shape index (κ2) is 8.52. The lowest BCUT2D eigenvalue weighted by Crippen LogP contribution is -2.37. The number of anilines is 1. The van der Waals surface area contributed by atoms with Gasteiger partial charge in [0.1, 0.15) is 5.75 Å². The van der Waals surface area contributed by atoms with E-state index in [9.17, 15) is 23.3 Å². The Labute approximate surface area is 177 Å². The summed E-state index contributed by atoms with van der Waals surface area (Å²) in [6, 6.07) is 16.0. The molecule has 0 aliphatic rings. The SMILES string of the molecule is COc1ccc(N(C(=O)c2cccc([N+](=O)[O-])c2)S(=O)(=O)c2ccc(Cl)cc2)cc1. The summed E-state index contributed by atoms with van der Waals surface area (Å²) in [6.45, 7) is 0. The third-order valence-electron chi connectivity index (χ3n) is 4.15. The minimum absolute atomic E-state index is 0.0438. The van der Waals surface area contributed by atoms with E-state index >= 15 is 0 Å². The molecule has 0 aromatic heterocycles. The molecule has 0 aliphatic carbocycles. The molecule has 10 heteroatoms. The Morgan fingerprint density at radius 3 is 2.23 bits per heavy atom. The van der Waals surface area contributed by atoms with Gasteiger partial charge in [-0.15, -0.1) is 0 Å². The summed E-state index contributed by atoms with van der Waals surface area (Å²) in [5, 5.41) is 11.4. The molecule has 0 heterocycles. The summed E-state index contributed by atoms with van der Waals surface area (Å²) in [6.07, 6.45) is 0. The fourth-order valence-electron chi connectivity index (χ4n) is 2.66. The molecule has 0 unspecified atom stereocenters. The number of benzene rings is 3. The Balaban J connectivity index is 2.16. The number of sulfonamides is 1. The zero-order valence-corrected chi connectivity index (χ0v) is 17.1. The number of amides is 1. The van der Waals surface area contributed by atoms with Crippen LogP contribution in [0.1, 0.15) is 10.4 Å². The maximum Gasteiger partial charge on any atom is 0.272 e. The van der Waals surface area contributed by atoms with Gasteiger partial charge in [0, 0.05) is 22.7 Å². The van der Waals surface area contributed by atoms with Gasteiger partial charge in [0.2, 0.25) is 0 Å². The first-order chi connectivity index (χ1) is 14.2. The van der Waals surface area contributed by atoms with Crippen molar-refractivity contribution in [2.45, 2.75) is 4.90 Å². The highest BCUT2D eigenvalue weighted by molar-refractivity contribution is 7.93. The second-order valence-electron chi connectivity index (χ2n) is 6.03. The lowest BCUT2D eigenvalue weighted by atomic mass is 10.2. The number of nitro benzene ring substituents is 1. The molecule has 0 spiro atoms. The van der Waals surface area contributed by atoms with Crippen LogP contribution in [0.15, 0.2) is 77.7 Å². The lowest BCUT2D eigenvalue weighted by molar-refractivity contribution is -0.384. The summed E-state index contributed by atoms with van der Waals surface area (Å²) in [7, 11) is -2.91. The Morgan fingerprint density at radius 1 is 1.03 bits per heavy atom. The molecule has 0 N–H and O–H groups in total. The van der Waals surface area contributed by atoms with E-state index < -0.39 is 20.9 Å². The molecule has 0 aliphatic heterocycles. The molecule has 0 saturated heterocycles. The van der Waals surface area contributed by atoms with Crippen LogP contribution in [0, 0.1) is 10.1 Å². The van der Waals surface area contributed by atoms with E-state index in [1.807, 2.05) is 0 Å². The van der Waals surface area contributed by atoms with Gasteiger partial charge in [-0.05, 0) is 54.6 Å². The highest BCUT2D eigenvalue weighted by atomic mass is 35.5. The minimum Gasteiger partial charge on any atom is -0.497 e. The summed E-state index contributed by atoms with van der Waals surface area (Å²) >= 11 is 5.84. The van der Waals surface area contributed by atoms with Crippen LogP contribution in [0.4, 0.5) is 11.4 Å². The molecule has 3 aromatic carbocycles. The van der Waals surface area contributed by atoms with E-state index in [0.29, 0.717) is 15.1 Å². The fraction of sp³-hybridized carbons (Fsp3) is 0.0500. The topological polar surface area (TPSA) is 107 Å². The number of non-ortho nitro benzene ring substituents is 1. The molecule has 0 bridgehead atoms. The number of hydrogen-bond acceptors (Lipinski definition) is 6. The van der Waals surface area contributed by atoms with E-state index in [1.54, 1.807) is 0 Å². The van der Waals surface area contributed by atoms with Crippen molar-refractivity contribution in [1.82, 2.24) is 0 Å². The van der Waals surface area contributed by atoms with Crippen molar-refractivity contribution in [3.63, 3.8) is 0 Å². The number of rotatable bonds is 6. The van der Waals surface area contributed by atoms with E-state index in [-0.39, 0.29) is 21.8 Å². The number of carbonyl (C=O) groups excluding carboxylic acids is 1. The first kappa shape index (κ1) is 21.3. The molecule has 0 atom stereocenters. The highest BCUT2D eigenvalue weighted by Gasteiger charge is 2.32. The van der Waals surface area contributed by atoms with Gasteiger partial charge in [0.15, 0.2) is 0 Å². The van der Waals surface area contributed by atoms with Crippen LogP contribution in [0.2, 0.25) is 5.02 Å². The quantitative estimate of drug-likeness (QED) is 0.413. The van der Waals surface area contributed by atoms with Crippen molar-refractivity contribution in [2.75, 3.05) is 11.4 Å². The molecule has 0 fully saturated rings. The third kappa shape index (κ3) is 4.27. The van der Waals surface area contributed by atoms with Crippen LogP contribution in [0.25, 0.3) is 0 Å². The Hall–Kier alpha value is -3.43. The maximum absolute atomic E-state index is 13.3. The number of ether oxygens (including phenoxy) is 1. The summed E-state index contributed by atoms with van der Waals surface area (Å²) in [5.74, 6) is -0.482. The predicted molar refractivity (Wildman–Crippen MR) is 112 cm³/mol. The van der Waals surface area contributed by atoms with Crippen molar-refractivity contribution in [1.29, 1.82) is 0 Å². The average Bonchev–Trinajstić information content (AvgIpc) is 2.74. The number of methoxy groups -OCH3 is 1. The Morgan fingerprint density at radius 2 is 1.67 bits per heavy atom. The van der Waals surface area contributed by atoms with Gasteiger partial charge < -0.3 is 4.74 Å². The number of halogens is 1. The highest BCUT2D eigenvalue weighted by Crippen LogP contribution is 2.29. The standard InChI is InChI=1S/C20H15ClN2O6S/c1-29-18-9-7-16(8-10-18)22(30(27,28)19-11-5-15(21)6-12-19)20(24)14-3-2-4-17(13-14)23(25)26/h2-13H,1H3. The predicted octanol–water partition coefficient (Wildman–Crippen LogP) is 4.29. The molecule has 3 rings (SSSR count). The van der Waals surface area contributed by atoms with Crippen molar-refractivity contribution in [3.8, 4) is 5.75 Å².